The van der Waals surface area contributed by atoms with E-state index in [1.807, 2.05) is 50.4 Å². The number of ether oxygens (including phenoxy) is 1. The van der Waals surface area contributed by atoms with Gasteiger partial charge in [-0.25, -0.2) is 4.79 Å². The van der Waals surface area contributed by atoms with Gasteiger partial charge in [0, 0.05) is 16.6 Å². The number of rotatable bonds is 7. The summed E-state index contributed by atoms with van der Waals surface area (Å²) >= 11 is 1.55. The first-order valence-corrected chi connectivity index (χ1v) is 9.22. The number of para-hydroxylation sites is 1. The number of hydrogen-bond acceptors (Lipinski definition) is 4. The average Bonchev–Trinajstić information content (AvgIpc) is 3.03. The molecule has 0 spiro atoms. The number of benzene rings is 1. The van der Waals surface area contributed by atoms with Gasteiger partial charge in [0.15, 0.2) is 6.61 Å². The van der Waals surface area contributed by atoms with E-state index in [1.54, 1.807) is 17.4 Å². The summed E-state index contributed by atoms with van der Waals surface area (Å²) in [4.78, 5) is 24.9. The molecule has 0 bridgehead atoms. The quantitative estimate of drug-likeness (QED) is 0.591. The van der Waals surface area contributed by atoms with E-state index in [0.29, 0.717) is 0 Å². The minimum Gasteiger partial charge on any atom is -0.452 e. The first-order valence-electron chi connectivity index (χ1n) is 8.34. The van der Waals surface area contributed by atoms with Gasteiger partial charge in [0.25, 0.3) is 5.91 Å². The van der Waals surface area contributed by atoms with E-state index in [-0.39, 0.29) is 12.5 Å². The van der Waals surface area contributed by atoms with Gasteiger partial charge in [0.2, 0.25) is 0 Å². The molecular formula is C20H23NO3S. The monoisotopic (exact) mass is 357 g/mol. The molecule has 0 saturated carbocycles. The Balaban J connectivity index is 1.92. The lowest BCUT2D eigenvalue weighted by Gasteiger charge is -2.14. The first kappa shape index (κ1) is 18.9. The zero-order chi connectivity index (χ0) is 18.2. The molecule has 132 valence electrons. The van der Waals surface area contributed by atoms with Crippen molar-refractivity contribution in [3.8, 4) is 0 Å². The summed E-state index contributed by atoms with van der Waals surface area (Å²) in [7, 11) is 0. The zero-order valence-corrected chi connectivity index (χ0v) is 15.6. The maximum atomic E-state index is 12.1. The lowest BCUT2D eigenvalue weighted by molar-refractivity contribution is -0.142. The summed E-state index contributed by atoms with van der Waals surface area (Å²) in [5.41, 5.74) is 4.09. The van der Waals surface area contributed by atoms with Crippen LogP contribution >= 0.6 is 11.3 Å². The normalized spacial score (nSPS) is 10.8. The minimum absolute atomic E-state index is 0.298. The van der Waals surface area contributed by atoms with Crippen LogP contribution in [0.5, 0.6) is 0 Å². The molecule has 1 amide bonds. The second-order valence-corrected chi connectivity index (χ2v) is 6.56. The molecule has 0 unspecified atom stereocenters. The molecule has 4 nitrogen and oxygen atoms in total. The van der Waals surface area contributed by atoms with Gasteiger partial charge in [-0.3, -0.25) is 4.79 Å². The van der Waals surface area contributed by atoms with Gasteiger partial charge < -0.3 is 10.1 Å². The summed E-state index contributed by atoms with van der Waals surface area (Å²) in [5, 5.41) is 4.84. The number of aryl methyl sites for hydroxylation is 3. The summed E-state index contributed by atoms with van der Waals surface area (Å²) in [5.74, 6) is -0.855. The highest BCUT2D eigenvalue weighted by Crippen LogP contribution is 2.22. The van der Waals surface area contributed by atoms with Gasteiger partial charge in [-0.2, -0.15) is 0 Å². The van der Waals surface area contributed by atoms with E-state index in [0.717, 1.165) is 40.1 Å². The molecule has 0 aliphatic carbocycles. The molecule has 1 heterocycles. The third-order valence-electron chi connectivity index (χ3n) is 3.88. The van der Waals surface area contributed by atoms with E-state index >= 15 is 0 Å². The van der Waals surface area contributed by atoms with Crippen LogP contribution in [-0.2, 0) is 27.2 Å². The lowest BCUT2D eigenvalue weighted by atomic mass is 10.0. The number of carbonyl (C=O) groups is 2. The van der Waals surface area contributed by atoms with Crippen LogP contribution in [0.4, 0.5) is 5.69 Å². The van der Waals surface area contributed by atoms with Crippen molar-refractivity contribution in [2.24, 2.45) is 0 Å². The van der Waals surface area contributed by atoms with Crippen molar-refractivity contribution in [1.29, 1.82) is 0 Å². The van der Waals surface area contributed by atoms with Gasteiger partial charge in [-0.05, 0) is 54.0 Å². The number of esters is 1. The molecule has 2 aromatic rings. The summed E-state index contributed by atoms with van der Waals surface area (Å²) in [6, 6.07) is 7.96. The largest absolute Gasteiger partial charge is 0.452 e. The smallest absolute Gasteiger partial charge is 0.331 e. The minimum atomic E-state index is -0.526. The lowest BCUT2D eigenvalue weighted by Crippen LogP contribution is -2.21. The maximum absolute atomic E-state index is 12.1. The van der Waals surface area contributed by atoms with Crippen LogP contribution in [0.2, 0.25) is 0 Å². The summed E-state index contributed by atoms with van der Waals surface area (Å²) in [6.45, 7) is 5.77. The zero-order valence-electron chi connectivity index (χ0n) is 14.8. The van der Waals surface area contributed by atoms with Gasteiger partial charge >= 0.3 is 5.97 Å². The number of thiophene rings is 1. The van der Waals surface area contributed by atoms with Crippen LogP contribution in [0.1, 0.15) is 35.4 Å². The van der Waals surface area contributed by atoms with Crippen molar-refractivity contribution in [2.45, 2.75) is 33.6 Å². The fourth-order valence-electron chi connectivity index (χ4n) is 2.46. The number of anilines is 1. The highest BCUT2D eigenvalue weighted by atomic mass is 32.1. The molecule has 2 rings (SSSR count). The third-order valence-corrected chi connectivity index (χ3v) is 4.87. The van der Waals surface area contributed by atoms with Gasteiger partial charge in [-0.1, -0.05) is 32.0 Å². The van der Waals surface area contributed by atoms with Crippen LogP contribution in [0.3, 0.4) is 0 Å². The fraction of sp³-hybridized carbons (Fsp3) is 0.300. The summed E-state index contributed by atoms with van der Waals surface area (Å²) in [6.07, 6.45) is 4.71. The molecule has 1 aromatic carbocycles. The fourth-order valence-corrected chi connectivity index (χ4v) is 3.28. The van der Waals surface area contributed by atoms with E-state index in [9.17, 15) is 9.59 Å². The topological polar surface area (TPSA) is 55.4 Å². The Morgan fingerprint density at radius 3 is 2.40 bits per heavy atom. The Labute approximate surface area is 152 Å². The van der Waals surface area contributed by atoms with E-state index < -0.39 is 5.97 Å². The number of carbonyl (C=O) groups excluding carboxylic acids is 2. The van der Waals surface area contributed by atoms with Crippen molar-refractivity contribution in [2.75, 3.05) is 11.9 Å². The van der Waals surface area contributed by atoms with E-state index in [2.05, 4.69) is 5.32 Å². The number of nitrogens with one attached hydrogen (secondary N) is 1. The predicted molar refractivity (Wildman–Crippen MR) is 103 cm³/mol. The Kier molecular flexibility index (Phi) is 6.95. The molecule has 0 aliphatic heterocycles. The molecule has 1 aromatic heterocycles. The Morgan fingerprint density at radius 1 is 1.16 bits per heavy atom. The second-order valence-electron chi connectivity index (χ2n) is 5.62. The molecule has 25 heavy (non-hydrogen) atoms. The molecule has 0 atom stereocenters. The van der Waals surface area contributed by atoms with Gasteiger partial charge in [0.1, 0.15) is 0 Å². The maximum Gasteiger partial charge on any atom is 0.331 e. The van der Waals surface area contributed by atoms with Crippen molar-refractivity contribution in [3.05, 3.63) is 57.3 Å². The molecule has 0 fully saturated rings. The Morgan fingerprint density at radius 2 is 1.84 bits per heavy atom. The molecular weight excluding hydrogens is 334 g/mol. The van der Waals surface area contributed by atoms with Crippen molar-refractivity contribution >= 4 is 35.0 Å². The van der Waals surface area contributed by atoms with Crippen LogP contribution in [-0.4, -0.2) is 18.5 Å². The average molecular weight is 357 g/mol. The molecule has 0 saturated heterocycles. The Hall–Kier alpha value is -2.40. The van der Waals surface area contributed by atoms with Crippen molar-refractivity contribution < 1.29 is 14.3 Å². The molecule has 5 heteroatoms. The van der Waals surface area contributed by atoms with Crippen molar-refractivity contribution in [3.63, 3.8) is 0 Å². The third kappa shape index (κ3) is 5.29. The summed E-state index contributed by atoms with van der Waals surface area (Å²) < 4.78 is 5.03. The predicted octanol–water partition coefficient (Wildman–Crippen LogP) is 4.38. The first-order chi connectivity index (χ1) is 12.0. The van der Waals surface area contributed by atoms with Gasteiger partial charge in [0.05, 0.1) is 0 Å². The highest BCUT2D eigenvalue weighted by molar-refractivity contribution is 7.11. The van der Waals surface area contributed by atoms with Crippen LogP contribution in [0.25, 0.3) is 6.08 Å². The Bertz CT molecular complexity index is 755. The molecule has 0 radical (unpaired) electrons. The van der Waals surface area contributed by atoms with Crippen LogP contribution < -0.4 is 5.32 Å². The standard InChI is InChI=1S/C20H23NO3S/c1-4-15-7-6-8-16(5-2)20(15)21-18(22)13-24-19(23)10-9-17-14(3)11-12-25-17/h6-12H,4-5,13H2,1-3H3,(H,21,22)/b10-9+. The molecule has 0 aliphatic rings. The highest BCUT2D eigenvalue weighted by Gasteiger charge is 2.11. The molecule has 1 N–H and O–H groups in total. The second kappa shape index (κ2) is 9.18. The van der Waals surface area contributed by atoms with Crippen molar-refractivity contribution in [1.82, 2.24) is 0 Å². The number of hydrogen-bond donors (Lipinski definition) is 1. The SMILES string of the molecule is CCc1cccc(CC)c1NC(=O)COC(=O)/C=C/c1sccc1C. The van der Waals surface area contributed by atoms with E-state index in [1.165, 1.54) is 6.08 Å². The van der Waals surface area contributed by atoms with Crippen LogP contribution in [0.15, 0.2) is 35.7 Å². The van der Waals surface area contributed by atoms with Gasteiger partial charge in [-0.15, -0.1) is 11.3 Å². The van der Waals surface area contributed by atoms with Crippen LogP contribution in [0, 0.1) is 6.92 Å². The van der Waals surface area contributed by atoms with E-state index in [4.69, 9.17) is 4.74 Å². The number of amides is 1.